The van der Waals surface area contributed by atoms with Gasteiger partial charge in [-0.15, -0.1) is 0 Å². The van der Waals surface area contributed by atoms with Gasteiger partial charge in [0.05, 0.1) is 0 Å². The molecule has 0 aliphatic rings. The first kappa shape index (κ1) is 19.1. The molecular formula is C17H36. The zero-order chi connectivity index (χ0) is 13.6. The zero-order valence-electron chi connectivity index (χ0n) is 13.3. The summed E-state index contributed by atoms with van der Waals surface area (Å²) in [6.45, 7) is 13.5. The van der Waals surface area contributed by atoms with E-state index >= 15 is 0 Å². The van der Waals surface area contributed by atoms with Crippen molar-refractivity contribution in [3.63, 3.8) is 0 Å². The highest BCUT2D eigenvalue weighted by atomic mass is 14.1. The molecule has 0 N–H and O–H groups in total. The van der Waals surface area contributed by atoms with Gasteiger partial charge in [0.1, 0.15) is 0 Å². The maximum absolute atomic E-state index is 2.33. The maximum atomic E-state index is 2.33. The second-order valence-corrected chi connectivity index (χ2v) is 6.01. The van der Waals surface area contributed by atoms with Crippen LogP contribution in [0.5, 0.6) is 0 Å². The van der Waals surface area contributed by atoms with E-state index in [2.05, 4.69) is 53.7 Å². The van der Waals surface area contributed by atoms with Crippen LogP contribution in [-0.2, 0) is 0 Å². The van der Waals surface area contributed by atoms with Crippen molar-refractivity contribution < 1.29 is 0 Å². The third-order valence-corrected chi connectivity index (χ3v) is 2.67. The Hall–Kier alpha value is -0.260. The second-order valence-electron chi connectivity index (χ2n) is 6.01. The predicted molar refractivity (Wildman–Crippen MR) is 82.6 cm³/mol. The summed E-state index contributed by atoms with van der Waals surface area (Å²) in [6.07, 6.45) is 15.2. The van der Waals surface area contributed by atoms with Gasteiger partial charge in [-0.25, -0.2) is 0 Å². The van der Waals surface area contributed by atoms with Crippen molar-refractivity contribution in [3.05, 3.63) is 12.2 Å². The van der Waals surface area contributed by atoms with Gasteiger partial charge in [0.25, 0.3) is 0 Å². The molecule has 0 fully saturated rings. The van der Waals surface area contributed by atoms with Gasteiger partial charge in [-0.05, 0) is 24.7 Å². The van der Waals surface area contributed by atoms with Crippen LogP contribution >= 0.6 is 0 Å². The van der Waals surface area contributed by atoms with E-state index < -0.39 is 0 Å². The third kappa shape index (κ3) is 25.8. The van der Waals surface area contributed by atoms with Gasteiger partial charge in [0.15, 0.2) is 0 Å². The topological polar surface area (TPSA) is 0 Å². The smallest absolute Gasteiger partial charge is 0.0379 e. The quantitative estimate of drug-likeness (QED) is 0.341. The van der Waals surface area contributed by atoms with Crippen molar-refractivity contribution >= 4 is 0 Å². The Labute approximate surface area is 111 Å². The van der Waals surface area contributed by atoms with E-state index in [1.807, 2.05) is 0 Å². The van der Waals surface area contributed by atoms with Crippen LogP contribution < -0.4 is 0 Å². The van der Waals surface area contributed by atoms with Gasteiger partial charge >= 0.3 is 0 Å². The van der Waals surface area contributed by atoms with Gasteiger partial charge < -0.3 is 0 Å². The Morgan fingerprint density at radius 3 is 1.53 bits per heavy atom. The monoisotopic (exact) mass is 240 g/mol. The first-order valence-corrected chi connectivity index (χ1v) is 7.62. The van der Waals surface area contributed by atoms with Crippen molar-refractivity contribution in [2.45, 2.75) is 92.9 Å². The summed E-state index contributed by atoms with van der Waals surface area (Å²) >= 11 is 0. The molecular weight excluding hydrogens is 204 g/mol. The van der Waals surface area contributed by atoms with Gasteiger partial charge in [-0.2, -0.15) is 0 Å². The first-order valence-electron chi connectivity index (χ1n) is 7.62. The van der Waals surface area contributed by atoms with Crippen molar-refractivity contribution in [1.82, 2.24) is 0 Å². The van der Waals surface area contributed by atoms with E-state index in [4.69, 9.17) is 0 Å². The molecule has 0 aromatic rings. The van der Waals surface area contributed by atoms with Crippen LogP contribution in [0.25, 0.3) is 0 Å². The average Bonchev–Trinajstić information content (AvgIpc) is 2.25. The number of hydrogen-bond acceptors (Lipinski definition) is 0. The molecule has 0 unspecified atom stereocenters. The van der Waals surface area contributed by atoms with E-state index in [-0.39, 0.29) is 0 Å². The largest absolute Gasteiger partial charge is 0.0888 e. The molecule has 0 saturated carbocycles. The fraction of sp³-hybridized carbons (Fsp3) is 0.882. The highest BCUT2D eigenvalue weighted by Gasteiger charge is 2.08. The molecule has 17 heavy (non-hydrogen) atoms. The molecule has 0 heteroatoms. The summed E-state index contributed by atoms with van der Waals surface area (Å²) in [5.74, 6) is 0. The second kappa shape index (κ2) is 13.8. The first-order chi connectivity index (χ1) is 7.97. The highest BCUT2D eigenvalue weighted by Crippen LogP contribution is 2.22. The lowest BCUT2D eigenvalue weighted by Crippen LogP contribution is -2.03. The van der Waals surface area contributed by atoms with Crippen molar-refractivity contribution in [2.75, 3.05) is 0 Å². The molecule has 0 aromatic heterocycles. The number of hydrogen-bond donors (Lipinski definition) is 0. The number of unbranched alkanes of at least 4 members (excludes halogenated alkanes) is 4. The number of allylic oxidation sites excluding steroid dienone is 2. The Kier molecular flexibility index (Phi) is 15.5. The highest BCUT2D eigenvalue weighted by molar-refractivity contribution is 4.77. The summed E-state index contributed by atoms with van der Waals surface area (Å²) in [5, 5.41) is 0. The summed E-state index contributed by atoms with van der Waals surface area (Å²) in [5.41, 5.74) is 0.548. The molecule has 0 atom stereocenters. The lowest BCUT2D eigenvalue weighted by Gasteiger charge is -2.17. The Bertz CT molecular complexity index is 142. The normalized spacial score (nSPS) is 11.4. The Balaban J connectivity index is 0. The van der Waals surface area contributed by atoms with Crippen molar-refractivity contribution in [3.8, 4) is 0 Å². The lowest BCUT2D eigenvalue weighted by molar-refractivity contribution is 0.357. The van der Waals surface area contributed by atoms with Gasteiger partial charge in [-0.1, -0.05) is 85.8 Å². The van der Waals surface area contributed by atoms with Crippen LogP contribution in [-0.4, -0.2) is 0 Å². The molecule has 0 radical (unpaired) electrons. The van der Waals surface area contributed by atoms with E-state index in [0.717, 1.165) is 0 Å². The molecule has 0 aliphatic carbocycles. The van der Waals surface area contributed by atoms with Gasteiger partial charge in [0.2, 0.25) is 0 Å². The van der Waals surface area contributed by atoms with E-state index in [9.17, 15) is 0 Å². The minimum atomic E-state index is 0.548. The SMILES string of the molecule is CCC=CCC.CCCCCCCC(C)(C)C. The summed E-state index contributed by atoms with van der Waals surface area (Å²) in [6, 6.07) is 0. The molecule has 0 bridgehead atoms. The summed E-state index contributed by atoms with van der Waals surface area (Å²) in [4.78, 5) is 0. The van der Waals surface area contributed by atoms with Crippen LogP contribution in [0.3, 0.4) is 0 Å². The minimum absolute atomic E-state index is 0.548. The minimum Gasteiger partial charge on any atom is -0.0888 e. The molecule has 104 valence electrons. The molecule has 0 rings (SSSR count). The maximum Gasteiger partial charge on any atom is -0.0379 e. The van der Waals surface area contributed by atoms with E-state index in [1.54, 1.807) is 0 Å². The van der Waals surface area contributed by atoms with Gasteiger partial charge in [0, 0.05) is 0 Å². The molecule has 0 aliphatic heterocycles. The molecule has 0 nitrogen and oxygen atoms in total. The fourth-order valence-electron chi connectivity index (χ4n) is 1.59. The van der Waals surface area contributed by atoms with Crippen LogP contribution in [0.2, 0.25) is 0 Å². The zero-order valence-corrected chi connectivity index (χ0v) is 13.3. The van der Waals surface area contributed by atoms with E-state index in [1.165, 1.54) is 51.4 Å². The summed E-state index contributed by atoms with van der Waals surface area (Å²) < 4.78 is 0. The van der Waals surface area contributed by atoms with Crippen molar-refractivity contribution in [2.24, 2.45) is 5.41 Å². The van der Waals surface area contributed by atoms with Gasteiger partial charge in [-0.3, -0.25) is 0 Å². The molecule has 0 amide bonds. The van der Waals surface area contributed by atoms with Crippen LogP contribution in [0.4, 0.5) is 0 Å². The third-order valence-electron chi connectivity index (χ3n) is 2.67. The molecule has 0 spiro atoms. The Morgan fingerprint density at radius 2 is 1.18 bits per heavy atom. The molecule has 0 aromatic carbocycles. The van der Waals surface area contributed by atoms with E-state index in [0.29, 0.717) is 5.41 Å². The fourth-order valence-corrected chi connectivity index (χ4v) is 1.59. The summed E-state index contributed by atoms with van der Waals surface area (Å²) in [7, 11) is 0. The number of rotatable bonds is 7. The predicted octanol–water partition coefficient (Wildman–Crippen LogP) is 6.76. The Morgan fingerprint density at radius 1 is 0.706 bits per heavy atom. The standard InChI is InChI=1S/C11H24.C6H12/c1-5-6-7-8-9-10-11(2,3)4;1-3-5-6-4-2/h5-10H2,1-4H3;5-6H,3-4H2,1-2H3. The van der Waals surface area contributed by atoms with Crippen LogP contribution in [0, 0.1) is 5.41 Å². The van der Waals surface area contributed by atoms with Crippen LogP contribution in [0.15, 0.2) is 12.2 Å². The molecule has 0 saturated heterocycles. The molecule has 0 heterocycles. The lowest BCUT2D eigenvalue weighted by atomic mass is 9.89. The average molecular weight is 240 g/mol. The van der Waals surface area contributed by atoms with Crippen LogP contribution in [0.1, 0.15) is 92.9 Å². The van der Waals surface area contributed by atoms with Crippen molar-refractivity contribution in [1.29, 1.82) is 0 Å².